The highest BCUT2D eigenvalue weighted by Gasteiger charge is 2.22. The largest absolute Gasteiger partial charge is 0.449 e. The number of rotatable bonds is 7. The fourth-order valence-corrected chi connectivity index (χ4v) is 3.90. The van der Waals surface area contributed by atoms with Gasteiger partial charge in [-0.2, -0.15) is 0 Å². The molecule has 3 rings (SSSR count). The minimum absolute atomic E-state index is 0.0276. The van der Waals surface area contributed by atoms with Gasteiger partial charge in [0.25, 0.3) is 15.9 Å². The van der Waals surface area contributed by atoms with E-state index in [9.17, 15) is 27.2 Å². The molecule has 9 nitrogen and oxygen atoms in total. The number of benzene rings is 3. The number of anilines is 2. The third kappa shape index (κ3) is 6.87. The molecule has 35 heavy (non-hydrogen) atoms. The molecule has 182 valence electrons. The molecule has 0 fully saturated rings. The predicted molar refractivity (Wildman–Crippen MR) is 127 cm³/mol. The molecule has 1 unspecified atom stereocenters. The first-order valence-electron chi connectivity index (χ1n) is 10.3. The van der Waals surface area contributed by atoms with Crippen LogP contribution in [0.3, 0.4) is 0 Å². The van der Waals surface area contributed by atoms with Crippen molar-refractivity contribution in [3.05, 3.63) is 89.7 Å². The Morgan fingerprint density at radius 1 is 0.914 bits per heavy atom. The Morgan fingerprint density at radius 2 is 1.60 bits per heavy atom. The lowest BCUT2D eigenvalue weighted by Crippen LogP contribution is -2.41. The third-order valence-electron chi connectivity index (χ3n) is 4.73. The van der Waals surface area contributed by atoms with Crippen molar-refractivity contribution in [2.24, 2.45) is 0 Å². The highest BCUT2D eigenvalue weighted by atomic mass is 32.2. The molecule has 3 aromatic rings. The van der Waals surface area contributed by atoms with Crippen LogP contribution in [0, 0.1) is 12.7 Å². The van der Waals surface area contributed by atoms with Crippen molar-refractivity contribution >= 4 is 39.3 Å². The molecular formula is C24H22FN3O6S. The summed E-state index contributed by atoms with van der Waals surface area (Å²) in [5, 5.41) is 4.53. The average molecular weight is 500 g/mol. The number of amides is 3. The average Bonchev–Trinajstić information content (AvgIpc) is 2.81. The predicted octanol–water partition coefficient (Wildman–Crippen LogP) is 3.83. The van der Waals surface area contributed by atoms with E-state index in [1.165, 1.54) is 50.2 Å². The molecule has 0 aliphatic carbocycles. The van der Waals surface area contributed by atoms with Gasteiger partial charge in [0, 0.05) is 11.4 Å². The number of carbonyl (C=O) groups is 3. The molecule has 3 N–H and O–H groups in total. The maximum atomic E-state index is 13.8. The zero-order chi connectivity index (χ0) is 25.6. The number of esters is 1. The van der Waals surface area contributed by atoms with Gasteiger partial charge in [-0.1, -0.05) is 30.3 Å². The molecule has 1 atom stereocenters. The molecule has 3 aromatic carbocycles. The molecule has 0 aromatic heterocycles. The summed E-state index contributed by atoms with van der Waals surface area (Å²) in [5.74, 6) is -2.45. The van der Waals surface area contributed by atoms with Crippen molar-refractivity contribution in [1.29, 1.82) is 0 Å². The monoisotopic (exact) mass is 499 g/mol. The number of halogens is 1. The maximum Gasteiger partial charge on any atom is 0.338 e. The number of imide groups is 1. The van der Waals surface area contributed by atoms with Crippen LogP contribution in [0.15, 0.2) is 77.7 Å². The summed E-state index contributed by atoms with van der Waals surface area (Å²) in [6.45, 7) is 2.78. The summed E-state index contributed by atoms with van der Waals surface area (Å²) in [7, 11) is -4.12. The van der Waals surface area contributed by atoms with E-state index in [4.69, 9.17) is 4.74 Å². The SMILES string of the molecule is Cc1ccc(S(=O)(=O)Nc2cccc(C(=O)OC(C)C(=O)NC(=O)Nc3ccccc3)c2)cc1F. The van der Waals surface area contributed by atoms with Gasteiger partial charge >= 0.3 is 12.0 Å². The van der Waals surface area contributed by atoms with Crippen LogP contribution in [-0.2, 0) is 19.6 Å². The minimum Gasteiger partial charge on any atom is -0.449 e. The quantitative estimate of drug-likeness (QED) is 0.424. The second-order valence-electron chi connectivity index (χ2n) is 7.45. The van der Waals surface area contributed by atoms with Crippen molar-refractivity contribution in [3.63, 3.8) is 0 Å². The topological polar surface area (TPSA) is 131 Å². The lowest BCUT2D eigenvalue weighted by atomic mass is 10.2. The normalized spacial score (nSPS) is 11.7. The van der Waals surface area contributed by atoms with Gasteiger partial charge in [-0.15, -0.1) is 0 Å². The van der Waals surface area contributed by atoms with E-state index in [-0.39, 0.29) is 16.1 Å². The second-order valence-corrected chi connectivity index (χ2v) is 9.14. The molecule has 0 heterocycles. The van der Waals surface area contributed by atoms with Gasteiger partial charge in [0.15, 0.2) is 6.10 Å². The van der Waals surface area contributed by atoms with Crippen LogP contribution >= 0.6 is 0 Å². The molecule has 0 bridgehead atoms. The Kier molecular flexibility index (Phi) is 7.82. The molecule has 3 amide bonds. The fourth-order valence-electron chi connectivity index (χ4n) is 2.84. The van der Waals surface area contributed by atoms with E-state index >= 15 is 0 Å². The molecule has 0 saturated carbocycles. The Balaban J connectivity index is 1.62. The Bertz CT molecular complexity index is 1360. The van der Waals surface area contributed by atoms with E-state index in [0.717, 1.165) is 6.07 Å². The molecule has 11 heteroatoms. The number of urea groups is 1. The molecule has 0 aliphatic rings. The maximum absolute atomic E-state index is 13.8. The van der Waals surface area contributed by atoms with Crippen molar-refractivity contribution in [2.75, 3.05) is 10.0 Å². The van der Waals surface area contributed by atoms with Crippen LogP contribution in [-0.4, -0.2) is 32.4 Å². The number of ether oxygens (including phenoxy) is 1. The van der Waals surface area contributed by atoms with Crippen molar-refractivity contribution < 1.29 is 31.9 Å². The van der Waals surface area contributed by atoms with E-state index in [0.29, 0.717) is 11.3 Å². The van der Waals surface area contributed by atoms with E-state index < -0.39 is 39.9 Å². The number of aryl methyl sites for hydroxylation is 1. The molecule has 0 spiro atoms. The number of sulfonamides is 1. The lowest BCUT2D eigenvalue weighted by Gasteiger charge is -2.14. The summed E-state index contributed by atoms with van der Waals surface area (Å²) in [6.07, 6.45) is -1.32. The highest BCUT2D eigenvalue weighted by molar-refractivity contribution is 7.92. The van der Waals surface area contributed by atoms with Crippen molar-refractivity contribution in [3.8, 4) is 0 Å². The molecular weight excluding hydrogens is 477 g/mol. The fraction of sp³-hybridized carbons (Fsp3) is 0.125. The van der Waals surface area contributed by atoms with E-state index in [2.05, 4.69) is 15.4 Å². The Hall–Kier alpha value is -4.25. The lowest BCUT2D eigenvalue weighted by molar-refractivity contribution is -0.127. The van der Waals surface area contributed by atoms with Crippen LogP contribution < -0.4 is 15.4 Å². The van der Waals surface area contributed by atoms with Gasteiger partial charge in [0.05, 0.1) is 10.5 Å². The number of carbonyl (C=O) groups excluding carboxylic acids is 3. The smallest absolute Gasteiger partial charge is 0.338 e. The standard InChI is InChI=1S/C24H22FN3O6S/c1-15-11-12-20(14-21(15)25)35(32,33)28-19-10-6-7-17(13-19)23(30)34-16(2)22(29)27-24(31)26-18-8-4-3-5-9-18/h3-14,16,28H,1-2H3,(H2,26,27,29,31). The van der Waals surface area contributed by atoms with Gasteiger partial charge < -0.3 is 10.1 Å². The van der Waals surface area contributed by atoms with Gasteiger partial charge in [-0.25, -0.2) is 22.4 Å². The van der Waals surface area contributed by atoms with E-state index in [1.54, 1.807) is 30.3 Å². The van der Waals surface area contributed by atoms with E-state index in [1.807, 2.05) is 0 Å². The van der Waals surface area contributed by atoms with Gasteiger partial charge in [-0.3, -0.25) is 14.8 Å². The Labute approximate surface area is 201 Å². The zero-order valence-corrected chi connectivity index (χ0v) is 19.6. The summed E-state index contributed by atoms with van der Waals surface area (Å²) >= 11 is 0. The molecule has 0 saturated heterocycles. The summed E-state index contributed by atoms with van der Waals surface area (Å²) < 4.78 is 46.3. The number of nitrogens with one attached hydrogen (secondary N) is 3. The van der Waals surface area contributed by atoms with Crippen molar-refractivity contribution in [2.45, 2.75) is 24.8 Å². The first-order valence-corrected chi connectivity index (χ1v) is 11.8. The molecule has 0 radical (unpaired) electrons. The van der Waals surface area contributed by atoms with Gasteiger partial charge in [0.1, 0.15) is 5.82 Å². The van der Waals surface area contributed by atoms with Crippen LogP contribution in [0.1, 0.15) is 22.8 Å². The van der Waals surface area contributed by atoms with Crippen LogP contribution in [0.5, 0.6) is 0 Å². The first-order chi connectivity index (χ1) is 16.5. The van der Waals surface area contributed by atoms with Gasteiger partial charge in [0.2, 0.25) is 0 Å². The summed E-state index contributed by atoms with van der Waals surface area (Å²) in [6, 6.07) is 16.5. The summed E-state index contributed by atoms with van der Waals surface area (Å²) in [4.78, 5) is 36.3. The number of hydrogen-bond acceptors (Lipinski definition) is 6. The minimum atomic E-state index is -4.12. The number of hydrogen-bond donors (Lipinski definition) is 3. The third-order valence-corrected chi connectivity index (χ3v) is 6.10. The van der Waals surface area contributed by atoms with Crippen molar-refractivity contribution in [1.82, 2.24) is 5.32 Å². The van der Waals surface area contributed by atoms with Crippen LogP contribution in [0.25, 0.3) is 0 Å². The number of para-hydroxylation sites is 1. The highest BCUT2D eigenvalue weighted by Crippen LogP contribution is 2.20. The zero-order valence-electron chi connectivity index (χ0n) is 18.7. The van der Waals surface area contributed by atoms with Crippen LogP contribution in [0.4, 0.5) is 20.6 Å². The van der Waals surface area contributed by atoms with Crippen LogP contribution in [0.2, 0.25) is 0 Å². The Morgan fingerprint density at radius 3 is 2.29 bits per heavy atom. The van der Waals surface area contributed by atoms with Gasteiger partial charge in [-0.05, 0) is 61.9 Å². The molecule has 0 aliphatic heterocycles. The second kappa shape index (κ2) is 10.8. The summed E-state index contributed by atoms with van der Waals surface area (Å²) in [5.41, 5.74) is 0.743. The first kappa shape index (κ1) is 25.4.